The van der Waals surface area contributed by atoms with E-state index in [0.717, 1.165) is 24.2 Å². The first kappa shape index (κ1) is 23.8. The first-order chi connectivity index (χ1) is 13.7. The van der Waals surface area contributed by atoms with Crippen LogP contribution in [0.2, 0.25) is 0 Å². The lowest BCUT2D eigenvalue weighted by atomic mass is 9.63. The zero-order valence-corrected chi connectivity index (χ0v) is 19.3. The topological polar surface area (TPSA) is 23.8 Å². The zero-order valence-electron chi connectivity index (χ0n) is 19.3. The monoisotopic (exact) mass is 387 g/mol. The van der Waals surface area contributed by atoms with E-state index in [1.165, 1.54) is 122 Å². The lowest BCUT2D eigenvalue weighted by Crippen LogP contribution is -2.31. The van der Waals surface area contributed by atoms with Gasteiger partial charge in [-0.25, -0.2) is 0 Å². The van der Waals surface area contributed by atoms with Crippen LogP contribution in [0.3, 0.4) is 0 Å². The van der Waals surface area contributed by atoms with E-state index >= 15 is 0 Å². The van der Waals surface area contributed by atoms with E-state index in [-0.39, 0.29) is 5.41 Å². The summed E-state index contributed by atoms with van der Waals surface area (Å²) in [4.78, 5) is 0. The first-order valence-corrected chi connectivity index (χ1v) is 13.1. The molecule has 0 N–H and O–H groups in total. The Balaban J connectivity index is 1.55. The average Bonchev–Trinajstić information content (AvgIpc) is 2.75. The SMILES string of the molecule is CCCCCCCCCCC1CCC([C@H]2CC[C@](C#N)(CCCC)CC2)CC1. The van der Waals surface area contributed by atoms with E-state index in [2.05, 4.69) is 19.9 Å². The van der Waals surface area contributed by atoms with Crippen LogP contribution >= 0.6 is 0 Å². The van der Waals surface area contributed by atoms with E-state index in [1.54, 1.807) is 0 Å². The van der Waals surface area contributed by atoms with Crippen LogP contribution in [-0.4, -0.2) is 0 Å². The minimum atomic E-state index is 0.0419. The lowest BCUT2D eigenvalue weighted by Gasteiger charge is -2.41. The van der Waals surface area contributed by atoms with Gasteiger partial charge in [0.15, 0.2) is 0 Å². The molecule has 1 heteroatoms. The molecule has 0 amide bonds. The molecule has 2 fully saturated rings. The second kappa shape index (κ2) is 13.7. The summed E-state index contributed by atoms with van der Waals surface area (Å²) in [6.07, 6.45) is 27.7. The maximum absolute atomic E-state index is 9.72. The molecule has 0 radical (unpaired) electrons. The second-order valence-electron chi connectivity index (χ2n) is 10.4. The maximum Gasteiger partial charge on any atom is 0.0689 e. The van der Waals surface area contributed by atoms with Gasteiger partial charge in [-0.15, -0.1) is 0 Å². The zero-order chi connectivity index (χ0) is 20.1. The summed E-state index contributed by atoms with van der Waals surface area (Å²) >= 11 is 0. The molecular weight excluding hydrogens is 338 g/mol. The van der Waals surface area contributed by atoms with Crippen LogP contribution in [0.4, 0.5) is 0 Å². The highest BCUT2D eigenvalue weighted by Crippen LogP contribution is 2.47. The standard InChI is InChI=1S/C27H49N/c1-3-5-7-8-9-10-11-12-13-24-14-16-25(17-15-24)26-18-21-27(23-28,22-19-26)20-6-4-2/h24-26H,3-22H2,1-2H3/t24?,25?,26-,27+. The highest BCUT2D eigenvalue weighted by molar-refractivity contribution is 5.02. The molecule has 2 rings (SSSR count). The van der Waals surface area contributed by atoms with Gasteiger partial charge in [0.25, 0.3) is 0 Å². The summed E-state index contributed by atoms with van der Waals surface area (Å²) in [7, 11) is 0. The molecule has 1 nitrogen and oxygen atoms in total. The Morgan fingerprint density at radius 2 is 1.21 bits per heavy atom. The highest BCUT2D eigenvalue weighted by atomic mass is 14.4. The van der Waals surface area contributed by atoms with Gasteiger partial charge >= 0.3 is 0 Å². The van der Waals surface area contributed by atoms with Crippen LogP contribution in [-0.2, 0) is 0 Å². The molecule has 0 atom stereocenters. The molecule has 162 valence electrons. The molecule has 0 aromatic carbocycles. The molecule has 0 unspecified atom stereocenters. The molecule has 2 saturated carbocycles. The van der Waals surface area contributed by atoms with Crippen molar-refractivity contribution in [2.45, 2.75) is 142 Å². The van der Waals surface area contributed by atoms with Gasteiger partial charge in [0.1, 0.15) is 0 Å². The smallest absolute Gasteiger partial charge is 0.0689 e. The summed E-state index contributed by atoms with van der Waals surface area (Å²) in [5.74, 6) is 2.95. The van der Waals surface area contributed by atoms with Crippen LogP contribution < -0.4 is 0 Å². The number of hydrogen-bond donors (Lipinski definition) is 0. The summed E-state index contributed by atoms with van der Waals surface area (Å²) in [6.45, 7) is 4.55. The minimum Gasteiger partial charge on any atom is -0.198 e. The Morgan fingerprint density at radius 3 is 1.79 bits per heavy atom. The molecule has 0 bridgehead atoms. The minimum absolute atomic E-state index is 0.0419. The molecule has 2 aliphatic carbocycles. The normalized spacial score (nSPS) is 30.8. The van der Waals surface area contributed by atoms with Gasteiger partial charge in [-0.2, -0.15) is 5.26 Å². The van der Waals surface area contributed by atoms with Crippen molar-refractivity contribution in [3.05, 3.63) is 0 Å². The number of hydrogen-bond acceptors (Lipinski definition) is 1. The summed E-state index contributed by atoms with van der Waals surface area (Å²) < 4.78 is 0. The van der Waals surface area contributed by atoms with Crippen molar-refractivity contribution in [1.29, 1.82) is 5.26 Å². The van der Waals surface area contributed by atoms with Gasteiger partial charge in [-0.05, 0) is 62.7 Å². The number of rotatable bonds is 13. The van der Waals surface area contributed by atoms with E-state index in [0.29, 0.717) is 0 Å². The number of nitriles is 1. The second-order valence-corrected chi connectivity index (χ2v) is 10.4. The van der Waals surface area contributed by atoms with E-state index in [1.807, 2.05) is 0 Å². The van der Waals surface area contributed by atoms with Gasteiger partial charge in [-0.1, -0.05) is 97.3 Å². The Labute approximate surface area is 177 Å². The third kappa shape index (κ3) is 8.08. The summed E-state index contributed by atoms with van der Waals surface area (Å²) in [5, 5.41) is 9.72. The summed E-state index contributed by atoms with van der Waals surface area (Å²) in [6, 6.07) is 2.73. The maximum atomic E-state index is 9.72. The third-order valence-corrected chi connectivity index (χ3v) is 8.26. The Bertz CT molecular complexity index is 418. The van der Waals surface area contributed by atoms with Crippen molar-refractivity contribution in [3.8, 4) is 6.07 Å². The van der Waals surface area contributed by atoms with Gasteiger partial charge in [0, 0.05) is 0 Å². The van der Waals surface area contributed by atoms with Gasteiger partial charge in [0.05, 0.1) is 11.5 Å². The Kier molecular flexibility index (Phi) is 11.6. The van der Waals surface area contributed by atoms with Crippen LogP contribution in [0.5, 0.6) is 0 Å². The molecule has 0 aromatic rings. The van der Waals surface area contributed by atoms with Crippen LogP contribution in [0.25, 0.3) is 0 Å². The third-order valence-electron chi connectivity index (χ3n) is 8.26. The fourth-order valence-electron chi connectivity index (χ4n) is 6.11. The highest BCUT2D eigenvalue weighted by Gasteiger charge is 2.38. The lowest BCUT2D eigenvalue weighted by molar-refractivity contribution is 0.115. The van der Waals surface area contributed by atoms with Crippen LogP contribution in [0, 0.1) is 34.5 Å². The van der Waals surface area contributed by atoms with Gasteiger partial charge in [-0.3, -0.25) is 0 Å². The quantitative estimate of drug-likeness (QED) is 0.289. The fourth-order valence-corrected chi connectivity index (χ4v) is 6.11. The molecule has 28 heavy (non-hydrogen) atoms. The fraction of sp³-hybridized carbons (Fsp3) is 0.963. The van der Waals surface area contributed by atoms with E-state index < -0.39 is 0 Å². The van der Waals surface area contributed by atoms with Crippen molar-refractivity contribution in [2.75, 3.05) is 0 Å². The predicted octanol–water partition coefficient (Wildman–Crippen LogP) is 9.21. The molecule has 0 aromatic heterocycles. The molecule has 2 aliphatic rings. The first-order valence-electron chi connectivity index (χ1n) is 13.1. The van der Waals surface area contributed by atoms with Crippen molar-refractivity contribution in [1.82, 2.24) is 0 Å². The van der Waals surface area contributed by atoms with E-state index in [4.69, 9.17) is 0 Å². The summed E-state index contributed by atoms with van der Waals surface area (Å²) in [5.41, 5.74) is 0.0419. The molecule has 0 saturated heterocycles. The largest absolute Gasteiger partial charge is 0.198 e. The van der Waals surface area contributed by atoms with E-state index in [9.17, 15) is 5.26 Å². The molecule has 0 aliphatic heterocycles. The predicted molar refractivity (Wildman–Crippen MR) is 122 cm³/mol. The van der Waals surface area contributed by atoms with Crippen molar-refractivity contribution in [2.24, 2.45) is 23.2 Å². The van der Waals surface area contributed by atoms with Crippen LogP contribution in [0.15, 0.2) is 0 Å². The number of unbranched alkanes of at least 4 members (excludes halogenated alkanes) is 8. The van der Waals surface area contributed by atoms with Gasteiger partial charge < -0.3 is 0 Å². The molecular formula is C27H49N. The van der Waals surface area contributed by atoms with Crippen molar-refractivity contribution < 1.29 is 0 Å². The Morgan fingerprint density at radius 1 is 0.679 bits per heavy atom. The van der Waals surface area contributed by atoms with Gasteiger partial charge in [0.2, 0.25) is 0 Å². The van der Waals surface area contributed by atoms with Crippen LogP contribution in [0.1, 0.15) is 142 Å². The number of nitrogens with zero attached hydrogens (tertiary/aromatic N) is 1. The Hall–Kier alpha value is -0.510. The van der Waals surface area contributed by atoms with Crippen molar-refractivity contribution >= 4 is 0 Å². The molecule has 0 heterocycles. The molecule has 0 spiro atoms. The average molecular weight is 388 g/mol. The van der Waals surface area contributed by atoms with Crippen molar-refractivity contribution in [3.63, 3.8) is 0 Å².